The Kier molecular flexibility index (Phi) is 24.5. The second kappa shape index (κ2) is 30.8. The maximum atomic E-state index is 14.3. The van der Waals surface area contributed by atoms with Crippen molar-refractivity contribution >= 4 is 23.4 Å². The topological polar surface area (TPSA) is 133 Å². The second-order valence-corrected chi connectivity index (χ2v) is 16.7. The molecule has 10 heteroatoms. The highest BCUT2D eigenvalue weighted by atomic mass is 19.1. The number of allylic oxidation sites excluding steroid dienone is 12. The lowest BCUT2D eigenvalue weighted by Crippen LogP contribution is -2.36. The molecule has 0 fully saturated rings. The highest BCUT2D eigenvalue weighted by Crippen LogP contribution is 2.42. The fourth-order valence-electron chi connectivity index (χ4n) is 7.63. The third kappa shape index (κ3) is 19.6. The lowest BCUT2D eigenvalue weighted by molar-refractivity contribution is -0.124. The predicted molar refractivity (Wildman–Crippen MR) is 273 cm³/mol. The highest BCUT2D eigenvalue weighted by molar-refractivity contribution is 6.12. The molecule has 0 radical (unpaired) electrons. The number of carbonyl (C=O) groups is 3. The molecular formula is C57H71FN4O5. The Labute approximate surface area is 398 Å². The SMILES string of the molecule is CCC=CCC=CCC=CCC=CCC=CCC=CCCC(=O)NCCNC(=O)CC(O)CC(O)CCn1c(-c2ccc(F)cc2)c(-c2ccccc2)c(C(=O)Nc2ccccc2)c1C(C)C. The average molecular weight is 911 g/mol. The molecule has 67 heavy (non-hydrogen) atoms. The van der Waals surface area contributed by atoms with E-state index in [0.29, 0.717) is 40.9 Å². The number of nitrogens with zero attached hydrogens (tertiary/aromatic N) is 1. The molecule has 5 N–H and O–H groups in total. The van der Waals surface area contributed by atoms with Gasteiger partial charge in [0.05, 0.1) is 29.9 Å². The van der Waals surface area contributed by atoms with E-state index in [1.165, 1.54) is 12.1 Å². The molecule has 2 unspecified atom stereocenters. The third-order valence-corrected chi connectivity index (χ3v) is 10.8. The smallest absolute Gasteiger partial charge is 0.258 e. The van der Waals surface area contributed by atoms with Gasteiger partial charge in [0, 0.05) is 43.0 Å². The summed E-state index contributed by atoms with van der Waals surface area (Å²) in [4.78, 5) is 39.3. The summed E-state index contributed by atoms with van der Waals surface area (Å²) in [5.74, 6) is -1.31. The van der Waals surface area contributed by atoms with Crippen molar-refractivity contribution in [2.24, 2.45) is 0 Å². The molecule has 356 valence electrons. The van der Waals surface area contributed by atoms with E-state index >= 15 is 0 Å². The minimum atomic E-state index is -1.11. The number of anilines is 1. The number of aliphatic hydroxyl groups excluding tert-OH is 2. The Bertz CT molecular complexity index is 2270. The number of aliphatic hydroxyl groups is 2. The van der Waals surface area contributed by atoms with E-state index in [0.717, 1.165) is 49.8 Å². The Morgan fingerprint density at radius 1 is 0.642 bits per heavy atom. The Hall–Kier alpha value is -6.36. The number of hydrogen-bond donors (Lipinski definition) is 5. The van der Waals surface area contributed by atoms with Gasteiger partial charge in [-0.25, -0.2) is 4.39 Å². The van der Waals surface area contributed by atoms with Crippen LogP contribution in [0.2, 0.25) is 0 Å². The molecule has 0 saturated carbocycles. The first-order chi connectivity index (χ1) is 32.6. The zero-order chi connectivity index (χ0) is 48.1. The van der Waals surface area contributed by atoms with E-state index in [1.807, 2.05) is 91.2 Å². The van der Waals surface area contributed by atoms with Crippen molar-refractivity contribution in [2.75, 3.05) is 18.4 Å². The van der Waals surface area contributed by atoms with Gasteiger partial charge < -0.3 is 30.7 Å². The van der Waals surface area contributed by atoms with E-state index in [-0.39, 0.29) is 68.4 Å². The van der Waals surface area contributed by atoms with Crippen LogP contribution in [0.5, 0.6) is 0 Å². The Morgan fingerprint density at radius 2 is 1.16 bits per heavy atom. The van der Waals surface area contributed by atoms with Gasteiger partial charge in [-0.15, -0.1) is 0 Å². The van der Waals surface area contributed by atoms with Crippen molar-refractivity contribution in [3.8, 4) is 22.4 Å². The predicted octanol–water partition coefficient (Wildman–Crippen LogP) is 11.9. The number of benzene rings is 3. The molecule has 0 aliphatic heterocycles. The molecule has 0 spiro atoms. The largest absolute Gasteiger partial charge is 0.393 e. The molecule has 0 bridgehead atoms. The molecule has 4 rings (SSSR count). The summed E-state index contributed by atoms with van der Waals surface area (Å²) >= 11 is 0. The zero-order valence-corrected chi connectivity index (χ0v) is 39.6. The molecule has 4 aromatic rings. The Morgan fingerprint density at radius 3 is 1.72 bits per heavy atom. The minimum Gasteiger partial charge on any atom is -0.393 e. The van der Waals surface area contributed by atoms with Gasteiger partial charge in [-0.1, -0.05) is 142 Å². The number of hydrogen-bond acceptors (Lipinski definition) is 5. The standard InChI is InChI=1S/C57H71FN4O5/c1-4-5-6-7-8-9-10-11-12-13-14-15-16-17-18-19-20-21-28-33-51(65)59-39-40-60-52(66)43-50(64)42-49(63)38-41-62-55(44(2)3)54(57(67)61-48-31-26-23-27-32-48)53(45-29-24-22-25-30-45)56(62)46-34-36-47(58)37-35-46/h5-6,8-9,11-12,14-15,17-18,20-27,29-32,34-37,44,49-50,63-64H,4,7,10,13,16,19,28,33,38-43H2,1-3H3,(H,59,65)(H,60,66)(H,61,67). The highest BCUT2D eigenvalue weighted by Gasteiger charge is 2.31. The van der Waals surface area contributed by atoms with Crippen molar-refractivity contribution in [1.82, 2.24) is 15.2 Å². The second-order valence-electron chi connectivity index (χ2n) is 16.7. The van der Waals surface area contributed by atoms with Crippen LogP contribution in [0, 0.1) is 5.82 Å². The number of aromatic nitrogens is 1. The van der Waals surface area contributed by atoms with Crippen LogP contribution >= 0.6 is 0 Å². The monoisotopic (exact) mass is 911 g/mol. The first-order valence-electron chi connectivity index (χ1n) is 23.8. The summed E-state index contributed by atoms with van der Waals surface area (Å²) in [6, 6.07) is 25.0. The zero-order valence-electron chi connectivity index (χ0n) is 39.6. The number of halogens is 1. The van der Waals surface area contributed by atoms with Crippen LogP contribution in [-0.4, -0.2) is 57.8 Å². The summed E-state index contributed by atoms with van der Waals surface area (Å²) < 4.78 is 16.3. The van der Waals surface area contributed by atoms with Gasteiger partial charge in [0.15, 0.2) is 0 Å². The summed E-state index contributed by atoms with van der Waals surface area (Å²) in [7, 11) is 0. The van der Waals surface area contributed by atoms with Crippen LogP contribution in [0.4, 0.5) is 10.1 Å². The molecule has 9 nitrogen and oxygen atoms in total. The molecule has 1 aromatic heterocycles. The first kappa shape index (κ1) is 53.3. The third-order valence-electron chi connectivity index (χ3n) is 10.8. The van der Waals surface area contributed by atoms with Gasteiger partial charge in [0.25, 0.3) is 5.91 Å². The summed E-state index contributed by atoms with van der Waals surface area (Å²) in [6.07, 6.45) is 30.2. The van der Waals surface area contributed by atoms with Gasteiger partial charge in [-0.3, -0.25) is 14.4 Å². The summed E-state index contributed by atoms with van der Waals surface area (Å²) in [5.41, 5.74) is 4.79. The number of amides is 3. The normalized spacial score (nSPS) is 13.0. The van der Waals surface area contributed by atoms with E-state index in [2.05, 4.69) is 83.6 Å². The number of nitrogens with one attached hydrogen (secondary N) is 3. The quantitative estimate of drug-likeness (QED) is 0.0273. The van der Waals surface area contributed by atoms with Gasteiger partial charge in [-0.05, 0) is 111 Å². The van der Waals surface area contributed by atoms with E-state index in [1.54, 1.807) is 12.1 Å². The number of carbonyl (C=O) groups excluding carboxylic acids is 3. The van der Waals surface area contributed by atoms with Crippen LogP contribution in [0.15, 0.2) is 158 Å². The molecule has 1 heterocycles. The molecule has 3 aromatic carbocycles. The van der Waals surface area contributed by atoms with Crippen molar-refractivity contribution in [3.63, 3.8) is 0 Å². The van der Waals surface area contributed by atoms with Crippen molar-refractivity contribution < 1.29 is 29.0 Å². The minimum absolute atomic E-state index is 0.0458. The van der Waals surface area contributed by atoms with Crippen LogP contribution in [0.3, 0.4) is 0 Å². The maximum absolute atomic E-state index is 14.3. The summed E-state index contributed by atoms with van der Waals surface area (Å²) in [6.45, 7) is 6.90. The van der Waals surface area contributed by atoms with E-state index in [9.17, 15) is 29.0 Å². The lowest BCUT2D eigenvalue weighted by Gasteiger charge is -2.20. The fourth-order valence-corrected chi connectivity index (χ4v) is 7.63. The molecular weight excluding hydrogens is 840 g/mol. The van der Waals surface area contributed by atoms with Crippen LogP contribution in [0.25, 0.3) is 22.4 Å². The van der Waals surface area contributed by atoms with Gasteiger partial charge in [0.2, 0.25) is 11.8 Å². The van der Waals surface area contributed by atoms with Gasteiger partial charge in [0.1, 0.15) is 5.82 Å². The molecule has 0 saturated heterocycles. The maximum Gasteiger partial charge on any atom is 0.258 e. The van der Waals surface area contributed by atoms with Crippen LogP contribution < -0.4 is 16.0 Å². The van der Waals surface area contributed by atoms with Crippen LogP contribution in [-0.2, 0) is 16.1 Å². The molecule has 2 atom stereocenters. The van der Waals surface area contributed by atoms with E-state index in [4.69, 9.17) is 0 Å². The van der Waals surface area contributed by atoms with E-state index < -0.39 is 12.2 Å². The molecule has 0 aliphatic rings. The molecule has 0 aliphatic carbocycles. The Balaban J connectivity index is 1.21. The van der Waals surface area contributed by atoms with Crippen molar-refractivity contribution in [3.05, 3.63) is 175 Å². The van der Waals surface area contributed by atoms with Crippen molar-refractivity contribution in [2.45, 2.75) is 116 Å². The van der Waals surface area contributed by atoms with Crippen LogP contribution in [0.1, 0.15) is 113 Å². The first-order valence-corrected chi connectivity index (χ1v) is 23.8. The van der Waals surface area contributed by atoms with Gasteiger partial charge in [-0.2, -0.15) is 0 Å². The average Bonchev–Trinajstić information content (AvgIpc) is 3.67. The number of rotatable bonds is 29. The fraction of sp³-hybridized carbons (Fsp3) is 0.351. The van der Waals surface area contributed by atoms with Gasteiger partial charge >= 0.3 is 0 Å². The molecule has 3 amide bonds. The lowest BCUT2D eigenvalue weighted by atomic mass is 9.94. The number of para-hydroxylation sites is 1. The van der Waals surface area contributed by atoms with Crippen molar-refractivity contribution in [1.29, 1.82) is 0 Å². The summed E-state index contributed by atoms with van der Waals surface area (Å²) in [5, 5.41) is 30.7.